The molecule has 0 amide bonds. The highest BCUT2D eigenvalue weighted by atomic mass is 16.3. The molecule has 0 saturated carbocycles. The molecule has 43 heavy (non-hydrogen) atoms. The SMILES string of the molecule is C=C(CCCCCCCCC)C(C)(CCCCCCCC)CCCCNCCCO.C=CC.CC.CCCCCCCC. The largest absolute Gasteiger partial charge is 0.396 e. The zero-order valence-corrected chi connectivity index (χ0v) is 31.7. The van der Waals surface area contributed by atoms with E-state index in [2.05, 4.69) is 53.1 Å². The second kappa shape index (κ2) is 45.8. The van der Waals surface area contributed by atoms with E-state index in [-0.39, 0.29) is 0 Å². The van der Waals surface area contributed by atoms with E-state index in [1.54, 1.807) is 6.08 Å². The number of aliphatic hydroxyl groups is 1. The summed E-state index contributed by atoms with van der Waals surface area (Å²) in [6, 6.07) is 0. The molecular formula is C41H87NO. The topological polar surface area (TPSA) is 32.3 Å². The van der Waals surface area contributed by atoms with Gasteiger partial charge in [0.05, 0.1) is 0 Å². The van der Waals surface area contributed by atoms with Crippen LogP contribution < -0.4 is 5.32 Å². The average molecular weight is 610 g/mol. The quantitative estimate of drug-likeness (QED) is 0.0653. The Morgan fingerprint density at radius 1 is 0.581 bits per heavy atom. The first-order chi connectivity index (χ1) is 20.9. The number of hydrogen-bond acceptors (Lipinski definition) is 2. The number of aliphatic hydroxyl groups excluding tert-OH is 1. The van der Waals surface area contributed by atoms with Gasteiger partial charge in [0.1, 0.15) is 0 Å². The summed E-state index contributed by atoms with van der Waals surface area (Å²) < 4.78 is 0. The van der Waals surface area contributed by atoms with Gasteiger partial charge in [0.2, 0.25) is 0 Å². The molecule has 0 radical (unpaired) electrons. The monoisotopic (exact) mass is 610 g/mol. The van der Waals surface area contributed by atoms with Gasteiger partial charge in [-0.15, -0.1) is 6.58 Å². The van der Waals surface area contributed by atoms with E-state index in [1.165, 1.54) is 160 Å². The molecule has 0 aromatic rings. The Morgan fingerprint density at radius 2 is 0.907 bits per heavy atom. The average Bonchev–Trinajstić information content (AvgIpc) is 3.02. The minimum atomic E-state index is 0.293. The van der Waals surface area contributed by atoms with Crippen LogP contribution in [0.1, 0.15) is 216 Å². The number of nitrogens with one attached hydrogen (secondary N) is 1. The minimum absolute atomic E-state index is 0.293. The Balaban J connectivity index is -0.000000489. The summed E-state index contributed by atoms with van der Waals surface area (Å²) in [7, 11) is 0. The predicted octanol–water partition coefficient (Wildman–Crippen LogP) is 14.2. The lowest BCUT2D eigenvalue weighted by molar-refractivity contribution is 0.284. The molecule has 2 nitrogen and oxygen atoms in total. The Kier molecular flexibility index (Phi) is 52.5. The summed E-state index contributed by atoms with van der Waals surface area (Å²) in [5, 5.41) is 12.3. The Labute approximate surface area is 275 Å². The van der Waals surface area contributed by atoms with Gasteiger partial charge in [-0.25, -0.2) is 0 Å². The summed E-state index contributed by atoms with van der Waals surface area (Å²) in [6.45, 7) is 27.8. The van der Waals surface area contributed by atoms with Crippen LogP contribution in [0.25, 0.3) is 0 Å². The second-order valence-electron chi connectivity index (χ2n) is 12.7. The van der Waals surface area contributed by atoms with Crippen LogP contribution in [-0.4, -0.2) is 24.8 Å². The van der Waals surface area contributed by atoms with Crippen molar-refractivity contribution in [3.63, 3.8) is 0 Å². The molecule has 0 aromatic heterocycles. The number of unbranched alkanes of at least 4 members (excludes halogenated alkanes) is 17. The van der Waals surface area contributed by atoms with Gasteiger partial charge >= 0.3 is 0 Å². The van der Waals surface area contributed by atoms with Crippen molar-refractivity contribution < 1.29 is 5.11 Å². The Bertz CT molecular complexity index is 482. The fourth-order valence-corrected chi connectivity index (χ4v) is 5.32. The molecule has 0 aliphatic carbocycles. The van der Waals surface area contributed by atoms with Crippen molar-refractivity contribution in [3.8, 4) is 0 Å². The van der Waals surface area contributed by atoms with Crippen molar-refractivity contribution in [3.05, 3.63) is 24.8 Å². The minimum Gasteiger partial charge on any atom is -0.396 e. The van der Waals surface area contributed by atoms with E-state index in [0.717, 1.165) is 19.5 Å². The van der Waals surface area contributed by atoms with E-state index < -0.39 is 0 Å². The van der Waals surface area contributed by atoms with Gasteiger partial charge in [0.25, 0.3) is 0 Å². The molecule has 2 heteroatoms. The smallest absolute Gasteiger partial charge is 0.0443 e. The standard InChI is InChI=1S/C28H57NO.C8H18.C3H6.C2H6/c1-5-7-9-11-13-14-16-21-27(3)28(4,22-17-15-12-10-8-6-2)23-18-19-24-29-25-20-26-30;1-3-5-7-8-6-4-2;1-3-2;1-2/h29-30H,3,5-26H2,1-2,4H3;3-8H2,1-2H3;3H,1H2,2H3;1-2H3. The Morgan fingerprint density at radius 3 is 1.30 bits per heavy atom. The van der Waals surface area contributed by atoms with Crippen LogP contribution in [0, 0.1) is 5.41 Å². The molecule has 1 unspecified atom stereocenters. The molecule has 0 aromatic carbocycles. The van der Waals surface area contributed by atoms with Crippen LogP contribution in [-0.2, 0) is 0 Å². The first-order valence-corrected chi connectivity index (χ1v) is 19.5. The summed E-state index contributed by atoms with van der Waals surface area (Å²) >= 11 is 0. The molecular weight excluding hydrogens is 522 g/mol. The third-order valence-electron chi connectivity index (χ3n) is 8.32. The van der Waals surface area contributed by atoms with Crippen molar-refractivity contribution in [1.29, 1.82) is 0 Å². The van der Waals surface area contributed by atoms with Crippen molar-refractivity contribution in [1.82, 2.24) is 5.32 Å². The third kappa shape index (κ3) is 43.6. The molecule has 1 atom stereocenters. The molecule has 2 N–H and O–H groups in total. The molecule has 0 saturated heterocycles. The van der Waals surface area contributed by atoms with Crippen molar-refractivity contribution >= 4 is 0 Å². The van der Waals surface area contributed by atoms with Crippen LogP contribution in [0.5, 0.6) is 0 Å². The maximum Gasteiger partial charge on any atom is 0.0443 e. The molecule has 0 spiro atoms. The van der Waals surface area contributed by atoms with Gasteiger partial charge in [0, 0.05) is 6.61 Å². The van der Waals surface area contributed by atoms with E-state index in [9.17, 15) is 0 Å². The summed E-state index contributed by atoms with van der Waals surface area (Å²) in [4.78, 5) is 0. The summed E-state index contributed by atoms with van der Waals surface area (Å²) in [6.07, 6.45) is 35.5. The van der Waals surface area contributed by atoms with Gasteiger partial charge in [-0.2, -0.15) is 0 Å². The van der Waals surface area contributed by atoms with Crippen LogP contribution in [0.3, 0.4) is 0 Å². The zero-order valence-electron chi connectivity index (χ0n) is 31.7. The molecule has 0 heterocycles. The molecule has 0 aliphatic heterocycles. The highest BCUT2D eigenvalue weighted by Crippen LogP contribution is 2.40. The highest BCUT2D eigenvalue weighted by molar-refractivity contribution is 5.08. The van der Waals surface area contributed by atoms with E-state index in [1.807, 2.05) is 20.8 Å². The molecule has 262 valence electrons. The van der Waals surface area contributed by atoms with Crippen LogP contribution in [0.4, 0.5) is 0 Å². The Hall–Kier alpha value is -0.600. The number of hydrogen-bond donors (Lipinski definition) is 2. The molecule has 0 rings (SSSR count). The van der Waals surface area contributed by atoms with Gasteiger partial charge in [0.15, 0.2) is 0 Å². The number of allylic oxidation sites excluding steroid dienone is 2. The highest BCUT2D eigenvalue weighted by Gasteiger charge is 2.26. The van der Waals surface area contributed by atoms with Gasteiger partial charge in [-0.05, 0) is 64.0 Å². The fraction of sp³-hybridized carbons (Fsp3) is 0.902. The van der Waals surface area contributed by atoms with Crippen LogP contribution in [0.2, 0.25) is 0 Å². The summed E-state index contributed by atoms with van der Waals surface area (Å²) in [5.74, 6) is 0. The lowest BCUT2D eigenvalue weighted by Gasteiger charge is -2.33. The van der Waals surface area contributed by atoms with Gasteiger partial charge in [-0.1, -0.05) is 189 Å². The van der Waals surface area contributed by atoms with E-state index in [4.69, 9.17) is 5.11 Å². The first-order valence-electron chi connectivity index (χ1n) is 19.5. The third-order valence-corrected chi connectivity index (χ3v) is 8.32. The maximum atomic E-state index is 8.88. The van der Waals surface area contributed by atoms with Crippen molar-refractivity contribution in [2.45, 2.75) is 216 Å². The first kappa shape index (κ1) is 49.3. The maximum absolute atomic E-state index is 8.88. The second-order valence-corrected chi connectivity index (χ2v) is 12.7. The zero-order chi connectivity index (χ0) is 33.3. The lowest BCUT2D eigenvalue weighted by Crippen LogP contribution is -2.21. The van der Waals surface area contributed by atoms with E-state index in [0.29, 0.717) is 12.0 Å². The number of rotatable bonds is 29. The lowest BCUT2D eigenvalue weighted by atomic mass is 9.73. The van der Waals surface area contributed by atoms with Crippen LogP contribution >= 0.6 is 0 Å². The molecule has 0 fully saturated rings. The normalized spacial score (nSPS) is 11.7. The van der Waals surface area contributed by atoms with E-state index >= 15 is 0 Å². The van der Waals surface area contributed by atoms with Crippen LogP contribution in [0.15, 0.2) is 24.8 Å². The van der Waals surface area contributed by atoms with Crippen molar-refractivity contribution in [2.24, 2.45) is 5.41 Å². The summed E-state index contributed by atoms with van der Waals surface area (Å²) in [5.41, 5.74) is 1.86. The van der Waals surface area contributed by atoms with Crippen molar-refractivity contribution in [2.75, 3.05) is 19.7 Å². The predicted molar refractivity (Wildman–Crippen MR) is 203 cm³/mol. The molecule has 0 bridgehead atoms. The van der Waals surface area contributed by atoms with Gasteiger partial charge < -0.3 is 10.4 Å². The fourth-order valence-electron chi connectivity index (χ4n) is 5.32. The molecule has 0 aliphatic rings. The van der Waals surface area contributed by atoms with Gasteiger partial charge in [-0.3, -0.25) is 0 Å².